The van der Waals surface area contributed by atoms with Crippen LogP contribution in [0.25, 0.3) is 16.6 Å². The number of carbonyl (C=O) groups excluding carboxylic acids is 1. The summed E-state index contributed by atoms with van der Waals surface area (Å²) in [5.74, 6) is 0.0503. The predicted octanol–water partition coefficient (Wildman–Crippen LogP) is 3.82. The number of hydrogen-bond acceptors (Lipinski definition) is 5. The molecule has 0 aliphatic heterocycles. The van der Waals surface area contributed by atoms with E-state index in [4.69, 9.17) is 0 Å². The summed E-state index contributed by atoms with van der Waals surface area (Å²) in [6, 6.07) is 11.8. The summed E-state index contributed by atoms with van der Waals surface area (Å²) >= 11 is 0. The SMILES string of the molecule is Cc1ccc2cnc(Nc3ccc(-n4ccc(C=O)n4)cc3F)cc2n1. The van der Waals surface area contributed by atoms with E-state index in [-0.39, 0.29) is 11.4 Å². The molecule has 0 atom stereocenters. The Bertz CT molecular complexity index is 1120. The summed E-state index contributed by atoms with van der Waals surface area (Å²) in [5.41, 5.74) is 2.79. The highest BCUT2D eigenvalue weighted by molar-refractivity contribution is 5.81. The van der Waals surface area contributed by atoms with Gasteiger partial charge >= 0.3 is 0 Å². The molecule has 0 radical (unpaired) electrons. The third-order valence-corrected chi connectivity index (χ3v) is 3.92. The van der Waals surface area contributed by atoms with Crippen LogP contribution in [0.4, 0.5) is 15.9 Å². The maximum absolute atomic E-state index is 14.5. The first-order valence-corrected chi connectivity index (χ1v) is 7.93. The highest BCUT2D eigenvalue weighted by Crippen LogP contribution is 2.23. The van der Waals surface area contributed by atoms with Gasteiger partial charge in [-0.05, 0) is 37.3 Å². The summed E-state index contributed by atoms with van der Waals surface area (Å²) in [5, 5.41) is 7.92. The topological polar surface area (TPSA) is 72.7 Å². The van der Waals surface area contributed by atoms with Gasteiger partial charge in [-0.2, -0.15) is 5.10 Å². The molecule has 0 saturated heterocycles. The Hall–Kier alpha value is -3.61. The molecule has 0 fully saturated rings. The average molecular weight is 347 g/mol. The number of carbonyl (C=O) groups is 1. The average Bonchev–Trinajstić information content (AvgIpc) is 3.12. The molecule has 4 aromatic rings. The fourth-order valence-electron chi connectivity index (χ4n) is 2.62. The lowest BCUT2D eigenvalue weighted by Crippen LogP contribution is -2.00. The van der Waals surface area contributed by atoms with Crippen LogP contribution in [0.1, 0.15) is 16.2 Å². The van der Waals surface area contributed by atoms with Crippen LogP contribution in [-0.2, 0) is 0 Å². The molecular weight excluding hydrogens is 333 g/mol. The lowest BCUT2D eigenvalue weighted by atomic mass is 10.2. The minimum atomic E-state index is -0.454. The first kappa shape index (κ1) is 15.9. The predicted molar refractivity (Wildman–Crippen MR) is 96.5 cm³/mol. The second kappa shape index (κ2) is 6.36. The number of aldehydes is 1. The van der Waals surface area contributed by atoms with Gasteiger partial charge in [-0.3, -0.25) is 9.78 Å². The molecular formula is C19H14FN5O. The van der Waals surface area contributed by atoms with Crippen LogP contribution in [0.3, 0.4) is 0 Å². The Kier molecular flexibility index (Phi) is 3.89. The zero-order valence-electron chi connectivity index (χ0n) is 13.8. The summed E-state index contributed by atoms with van der Waals surface area (Å²) in [6.45, 7) is 1.91. The van der Waals surface area contributed by atoms with Crippen LogP contribution < -0.4 is 5.32 Å². The number of hydrogen-bond donors (Lipinski definition) is 1. The number of aromatic nitrogens is 4. The second-order valence-corrected chi connectivity index (χ2v) is 5.81. The van der Waals surface area contributed by atoms with E-state index in [9.17, 15) is 9.18 Å². The number of aryl methyl sites for hydroxylation is 1. The lowest BCUT2D eigenvalue weighted by molar-refractivity contribution is 0.111. The van der Waals surface area contributed by atoms with E-state index in [0.717, 1.165) is 16.6 Å². The maximum Gasteiger partial charge on any atom is 0.170 e. The van der Waals surface area contributed by atoms with Crippen LogP contribution in [0.15, 0.2) is 54.9 Å². The van der Waals surface area contributed by atoms with Gasteiger partial charge < -0.3 is 5.32 Å². The fourth-order valence-corrected chi connectivity index (χ4v) is 2.62. The van der Waals surface area contributed by atoms with Crippen molar-refractivity contribution in [3.05, 3.63) is 72.1 Å². The van der Waals surface area contributed by atoms with Crippen molar-refractivity contribution in [3.8, 4) is 5.69 Å². The standard InChI is InChI=1S/C19H14FN5O/c1-12-2-3-13-10-21-19(9-18(13)22-12)23-17-5-4-15(8-16(17)20)25-7-6-14(11-26)24-25/h2-11H,1H3,(H,21,23). The van der Waals surface area contributed by atoms with Crippen molar-refractivity contribution in [2.75, 3.05) is 5.32 Å². The summed E-state index contributed by atoms with van der Waals surface area (Å²) in [6.07, 6.45) is 3.94. The van der Waals surface area contributed by atoms with Crippen molar-refractivity contribution in [1.82, 2.24) is 19.7 Å². The monoisotopic (exact) mass is 347 g/mol. The van der Waals surface area contributed by atoms with Gasteiger partial charge in [0.15, 0.2) is 6.29 Å². The number of nitrogens with zero attached hydrogens (tertiary/aromatic N) is 4. The van der Waals surface area contributed by atoms with Gasteiger partial charge in [0.2, 0.25) is 0 Å². The van der Waals surface area contributed by atoms with Crippen LogP contribution in [0.5, 0.6) is 0 Å². The number of pyridine rings is 2. The van der Waals surface area contributed by atoms with Crippen molar-refractivity contribution in [3.63, 3.8) is 0 Å². The maximum atomic E-state index is 14.5. The van der Waals surface area contributed by atoms with E-state index in [1.807, 2.05) is 19.1 Å². The van der Waals surface area contributed by atoms with Crippen LogP contribution in [0, 0.1) is 12.7 Å². The van der Waals surface area contributed by atoms with Gasteiger partial charge in [0.05, 0.1) is 16.9 Å². The number of benzene rings is 1. The summed E-state index contributed by atoms with van der Waals surface area (Å²) in [7, 11) is 0. The lowest BCUT2D eigenvalue weighted by Gasteiger charge is -2.09. The molecule has 6 nitrogen and oxygen atoms in total. The molecule has 0 aliphatic carbocycles. The molecule has 26 heavy (non-hydrogen) atoms. The first-order chi connectivity index (χ1) is 12.6. The second-order valence-electron chi connectivity index (χ2n) is 5.81. The van der Waals surface area contributed by atoms with E-state index in [0.29, 0.717) is 17.8 Å². The Labute approximate surface area is 148 Å². The van der Waals surface area contributed by atoms with E-state index in [1.165, 1.54) is 10.7 Å². The fraction of sp³-hybridized carbons (Fsp3) is 0.0526. The number of nitrogens with one attached hydrogen (secondary N) is 1. The largest absolute Gasteiger partial charge is 0.338 e. The minimum absolute atomic E-state index is 0.288. The zero-order chi connectivity index (χ0) is 18.1. The molecule has 128 valence electrons. The molecule has 3 heterocycles. The Morgan fingerprint density at radius 1 is 1.15 bits per heavy atom. The molecule has 0 saturated carbocycles. The van der Waals surface area contributed by atoms with Gasteiger partial charge in [-0.1, -0.05) is 0 Å². The molecule has 0 bridgehead atoms. The van der Waals surface area contributed by atoms with Gasteiger partial charge in [0.25, 0.3) is 0 Å². The van der Waals surface area contributed by atoms with Crippen molar-refractivity contribution in [2.45, 2.75) is 6.92 Å². The molecule has 3 aromatic heterocycles. The summed E-state index contributed by atoms with van der Waals surface area (Å²) in [4.78, 5) is 19.5. The van der Waals surface area contributed by atoms with E-state index in [1.54, 1.807) is 36.7 Å². The zero-order valence-corrected chi connectivity index (χ0v) is 13.8. The smallest absolute Gasteiger partial charge is 0.170 e. The Balaban J connectivity index is 1.63. The molecule has 1 N–H and O–H groups in total. The number of anilines is 2. The third-order valence-electron chi connectivity index (χ3n) is 3.92. The summed E-state index contributed by atoms with van der Waals surface area (Å²) < 4.78 is 15.9. The highest BCUT2D eigenvalue weighted by atomic mass is 19.1. The molecule has 7 heteroatoms. The molecule has 1 aromatic carbocycles. The van der Waals surface area contributed by atoms with Crippen molar-refractivity contribution in [1.29, 1.82) is 0 Å². The van der Waals surface area contributed by atoms with Crippen LogP contribution >= 0.6 is 0 Å². The molecule has 4 rings (SSSR count). The van der Waals surface area contributed by atoms with Crippen molar-refractivity contribution < 1.29 is 9.18 Å². The number of fused-ring (bicyclic) bond motifs is 1. The van der Waals surface area contributed by atoms with E-state index < -0.39 is 5.82 Å². The quantitative estimate of drug-likeness (QED) is 0.568. The number of rotatable bonds is 4. The Morgan fingerprint density at radius 2 is 2.04 bits per heavy atom. The van der Waals surface area contributed by atoms with E-state index >= 15 is 0 Å². The van der Waals surface area contributed by atoms with Crippen molar-refractivity contribution >= 4 is 28.7 Å². The van der Waals surface area contributed by atoms with E-state index in [2.05, 4.69) is 20.4 Å². The Morgan fingerprint density at radius 3 is 2.81 bits per heavy atom. The first-order valence-electron chi connectivity index (χ1n) is 7.93. The van der Waals surface area contributed by atoms with Gasteiger partial charge in [0, 0.05) is 35.6 Å². The highest BCUT2D eigenvalue weighted by Gasteiger charge is 2.08. The third kappa shape index (κ3) is 3.02. The molecule has 0 amide bonds. The minimum Gasteiger partial charge on any atom is -0.338 e. The molecule has 0 aliphatic rings. The molecule has 0 spiro atoms. The normalized spacial score (nSPS) is 10.8. The van der Waals surface area contributed by atoms with Gasteiger partial charge in [-0.25, -0.2) is 14.1 Å². The van der Waals surface area contributed by atoms with Gasteiger partial charge in [0.1, 0.15) is 17.3 Å². The van der Waals surface area contributed by atoms with Crippen LogP contribution in [0.2, 0.25) is 0 Å². The van der Waals surface area contributed by atoms with Gasteiger partial charge in [-0.15, -0.1) is 0 Å². The van der Waals surface area contributed by atoms with Crippen molar-refractivity contribution in [2.24, 2.45) is 0 Å². The number of halogens is 1. The molecule has 0 unspecified atom stereocenters. The van der Waals surface area contributed by atoms with Crippen LogP contribution in [-0.4, -0.2) is 26.0 Å².